The lowest BCUT2D eigenvalue weighted by atomic mass is 9.45. The van der Waals surface area contributed by atoms with Crippen LogP contribution in [0.2, 0.25) is 0 Å². The third kappa shape index (κ3) is 7.35. The first-order valence-corrected chi connectivity index (χ1v) is 17.5. The highest BCUT2D eigenvalue weighted by atomic mass is 16.5. The normalized spacial score (nSPS) is 33.7. The van der Waals surface area contributed by atoms with Gasteiger partial charge in [-0.1, -0.05) is 47.1 Å². The lowest BCUT2D eigenvalue weighted by molar-refractivity contribution is -0.184. The molecule has 0 aromatic carbocycles. The van der Waals surface area contributed by atoms with Crippen molar-refractivity contribution in [3.8, 4) is 0 Å². The van der Waals surface area contributed by atoms with E-state index in [0.717, 1.165) is 18.4 Å². The van der Waals surface area contributed by atoms with Gasteiger partial charge in [-0.3, -0.25) is 24.0 Å². The number of esters is 1. The van der Waals surface area contributed by atoms with Gasteiger partial charge in [-0.25, -0.2) is 4.79 Å². The molecule has 0 saturated heterocycles. The average Bonchev–Trinajstić information content (AvgIpc) is 3.30. The topological polar surface area (TPSA) is 217 Å². The number of nitrogens with one attached hydrogen (secondary N) is 2. The Morgan fingerprint density at radius 3 is 2.37 bits per heavy atom. The van der Waals surface area contributed by atoms with Crippen molar-refractivity contribution in [1.82, 2.24) is 10.6 Å². The van der Waals surface area contributed by atoms with Crippen molar-refractivity contribution in [3.05, 3.63) is 11.6 Å². The fourth-order valence-electron chi connectivity index (χ4n) is 9.34. The smallest absolute Gasteiger partial charge is 0.333 e. The molecule has 0 aromatic rings. The number of ether oxygens (including phenoxy) is 1. The maximum Gasteiger partial charge on any atom is 0.333 e. The van der Waals surface area contributed by atoms with E-state index in [1.165, 1.54) is 13.8 Å². The Hall–Kier alpha value is -3.16. The minimum absolute atomic E-state index is 0.0235. The van der Waals surface area contributed by atoms with Crippen molar-refractivity contribution in [3.63, 3.8) is 0 Å². The molecule has 3 saturated carbocycles. The van der Waals surface area contributed by atoms with Gasteiger partial charge in [0.1, 0.15) is 11.6 Å². The summed E-state index contributed by atoms with van der Waals surface area (Å²) in [5.74, 6) is -4.32. The summed E-state index contributed by atoms with van der Waals surface area (Å²) in [5.41, 5.74) is -3.10. The number of aliphatic hydroxyl groups excluding tert-OH is 2. The number of carboxylic acids is 1. The molecule has 0 spiro atoms. The quantitative estimate of drug-likeness (QED) is 0.153. The predicted octanol–water partition coefficient (Wildman–Crippen LogP) is 1.84. The Labute approximate surface area is 287 Å². The van der Waals surface area contributed by atoms with Crippen LogP contribution >= 0.6 is 0 Å². The summed E-state index contributed by atoms with van der Waals surface area (Å²) in [6.45, 7) is 9.51. The van der Waals surface area contributed by atoms with E-state index in [1.807, 2.05) is 6.92 Å². The molecule has 0 aliphatic heterocycles. The molecule has 4 rings (SSSR count). The monoisotopic (exact) mass is 690 g/mol. The molecule has 2 amide bonds. The lowest BCUT2D eigenvalue weighted by Crippen LogP contribution is -2.62. The number of Topliss-reactive ketones (excluding diaryl/α,β-unsaturated/α-hetero) is 1. The molecule has 0 bridgehead atoms. The van der Waals surface area contributed by atoms with Crippen LogP contribution in [0, 0.1) is 39.9 Å². The average molecular weight is 691 g/mol. The molecule has 0 aromatic heterocycles. The Bertz CT molecular complexity index is 1390. The molecule has 0 unspecified atom stereocenters. The molecule has 0 heterocycles. The summed E-state index contributed by atoms with van der Waals surface area (Å²) < 4.78 is 5.22. The van der Waals surface area contributed by atoms with Crippen molar-refractivity contribution in [2.45, 2.75) is 123 Å². The minimum atomic E-state index is -1.80. The van der Waals surface area contributed by atoms with Crippen LogP contribution in [0.15, 0.2) is 11.6 Å². The number of hydrogen-bond acceptors (Lipinski definition) is 10. The summed E-state index contributed by atoms with van der Waals surface area (Å²) in [7, 11) is 0. The molecule has 6 N–H and O–H groups in total. The zero-order valence-corrected chi connectivity index (χ0v) is 29.5. The number of amides is 2. The third-order valence-electron chi connectivity index (χ3n) is 12.4. The maximum atomic E-state index is 13.5. The van der Waals surface area contributed by atoms with Crippen LogP contribution in [0.1, 0.15) is 99.3 Å². The van der Waals surface area contributed by atoms with Gasteiger partial charge in [0.25, 0.3) is 0 Å². The molecule has 0 radical (unpaired) electrons. The first kappa shape index (κ1) is 38.6. The number of ketones is 2. The van der Waals surface area contributed by atoms with Gasteiger partial charge in [0.05, 0.1) is 12.5 Å². The lowest BCUT2D eigenvalue weighted by Gasteiger charge is -2.60. The fraction of sp³-hybridized carbons (Fsp3) is 0.778. The van der Waals surface area contributed by atoms with Crippen LogP contribution in [0.5, 0.6) is 0 Å². The fourth-order valence-corrected chi connectivity index (χ4v) is 9.34. The second kappa shape index (κ2) is 14.2. The number of rotatable bonds is 13. The van der Waals surface area contributed by atoms with Gasteiger partial charge in [0.2, 0.25) is 17.6 Å². The van der Waals surface area contributed by atoms with Gasteiger partial charge in [0, 0.05) is 30.2 Å². The molecule has 3 fully saturated rings. The van der Waals surface area contributed by atoms with Crippen molar-refractivity contribution < 1.29 is 53.9 Å². The van der Waals surface area contributed by atoms with E-state index in [9.17, 15) is 44.1 Å². The molecule has 9 atom stereocenters. The zero-order valence-electron chi connectivity index (χ0n) is 29.5. The van der Waals surface area contributed by atoms with Crippen molar-refractivity contribution in [2.24, 2.45) is 39.9 Å². The molecule has 4 aliphatic carbocycles. The maximum absolute atomic E-state index is 13.5. The number of allylic oxidation sites excluding steroid dienone is 1. The van der Waals surface area contributed by atoms with Crippen LogP contribution in [-0.2, 0) is 33.5 Å². The van der Waals surface area contributed by atoms with E-state index in [4.69, 9.17) is 9.84 Å². The Morgan fingerprint density at radius 2 is 1.73 bits per heavy atom. The van der Waals surface area contributed by atoms with Crippen LogP contribution in [0.25, 0.3) is 0 Å². The molecule has 13 nitrogen and oxygen atoms in total. The summed E-state index contributed by atoms with van der Waals surface area (Å²) in [6.07, 6.45) is 2.21. The number of carboxylic acid groups (broad SMARTS) is 1. The van der Waals surface area contributed by atoms with Crippen LogP contribution in [0.3, 0.4) is 0 Å². The number of aliphatic hydroxyl groups is 3. The van der Waals surface area contributed by atoms with Crippen molar-refractivity contribution in [1.29, 1.82) is 0 Å². The Kier molecular flexibility index (Phi) is 11.2. The summed E-state index contributed by atoms with van der Waals surface area (Å²) >= 11 is 0. The highest BCUT2D eigenvalue weighted by Gasteiger charge is 2.68. The van der Waals surface area contributed by atoms with Gasteiger partial charge in [-0.2, -0.15) is 0 Å². The summed E-state index contributed by atoms with van der Waals surface area (Å²) in [4.78, 5) is 74.9. The van der Waals surface area contributed by atoms with Crippen LogP contribution in [-0.4, -0.2) is 92.7 Å². The van der Waals surface area contributed by atoms with E-state index in [1.54, 1.807) is 19.9 Å². The van der Waals surface area contributed by atoms with Gasteiger partial charge >= 0.3 is 11.9 Å². The SMILES string of the molecule is CC(C)[C@@H](NC(=O)CCC(=O)OCC(=O)[C@]1(O)CC[C@@H]2[C@H]3CCC4=CC(=O)CC[C@]4(C)[C@@H]3[C@@H](O)C[C@@]21C)C(=O)NCC(C)(C)[C@@H](O)C(=O)O. The van der Waals surface area contributed by atoms with Gasteiger partial charge in [0.15, 0.2) is 18.5 Å². The van der Waals surface area contributed by atoms with Gasteiger partial charge < -0.3 is 35.8 Å². The number of aliphatic carboxylic acids is 1. The van der Waals surface area contributed by atoms with Crippen LogP contribution < -0.4 is 10.6 Å². The van der Waals surface area contributed by atoms with E-state index in [2.05, 4.69) is 17.6 Å². The van der Waals surface area contributed by atoms with Crippen molar-refractivity contribution in [2.75, 3.05) is 13.2 Å². The number of carbonyl (C=O) groups is 6. The second-order valence-corrected chi connectivity index (χ2v) is 16.3. The highest BCUT2D eigenvalue weighted by Crippen LogP contribution is 2.67. The Morgan fingerprint density at radius 1 is 1.06 bits per heavy atom. The molecule has 274 valence electrons. The number of fused-ring (bicyclic) bond motifs is 5. The van der Waals surface area contributed by atoms with Crippen LogP contribution in [0.4, 0.5) is 0 Å². The molecule has 4 aliphatic rings. The van der Waals surface area contributed by atoms with Gasteiger partial charge in [-0.05, 0) is 73.7 Å². The minimum Gasteiger partial charge on any atom is -0.479 e. The number of hydrogen-bond donors (Lipinski definition) is 6. The summed E-state index contributed by atoms with van der Waals surface area (Å²) in [5, 5.41) is 47.6. The third-order valence-corrected chi connectivity index (χ3v) is 12.4. The number of carbonyl (C=O) groups excluding carboxylic acids is 5. The summed E-state index contributed by atoms with van der Waals surface area (Å²) in [6, 6.07) is -0.992. The zero-order chi connectivity index (χ0) is 36.7. The van der Waals surface area contributed by atoms with E-state index in [-0.39, 0.29) is 67.1 Å². The molecule has 13 heteroatoms. The second-order valence-electron chi connectivity index (χ2n) is 16.3. The van der Waals surface area contributed by atoms with E-state index < -0.39 is 70.8 Å². The van der Waals surface area contributed by atoms with Crippen molar-refractivity contribution >= 4 is 35.3 Å². The van der Waals surface area contributed by atoms with Gasteiger partial charge in [-0.15, -0.1) is 0 Å². The molecular formula is C36H54N2O11. The largest absolute Gasteiger partial charge is 0.479 e. The predicted molar refractivity (Wildman–Crippen MR) is 175 cm³/mol. The molecule has 49 heavy (non-hydrogen) atoms. The first-order valence-electron chi connectivity index (χ1n) is 17.5. The molecular weight excluding hydrogens is 636 g/mol. The highest BCUT2D eigenvalue weighted by molar-refractivity contribution is 5.93. The Balaban J connectivity index is 1.30. The first-order chi connectivity index (χ1) is 22.7. The van der Waals surface area contributed by atoms with E-state index >= 15 is 0 Å². The standard InChI is InChI=1S/C36H54N2O11/c1-19(2)29(31(45)37-18-33(3,4)30(44)32(46)47)38-26(42)9-10-27(43)49-17-25(41)36(48)14-12-23-22-8-7-20-15-21(39)11-13-34(20,5)28(22)24(40)16-35(23,36)6/h15,19,22-24,28-30,40,44,48H,7-14,16-18H2,1-6H3,(H,37,45)(H,38,42)(H,46,47)/t22-,23-,24+,28+,29-,30+,34+,35+,36-/m1/s1. The van der Waals surface area contributed by atoms with E-state index in [0.29, 0.717) is 19.3 Å².